The largest absolute Gasteiger partial charge is 0.504 e. The summed E-state index contributed by atoms with van der Waals surface area (Å²) in [5, 5.41) is 12.5. The first kappa shape index (κ1) is 16.4. The van der Waals surface area contributed by atoms with E-state index in [0.29, 0.717) is 5.69 Å². The van der Waals surface area contributed by atoms with Crippen LogP contribution in [0.2, 0.25) is 0 Å². The Labute approximate surface area is 133 Å². The summed E-state index contributed by atoms with van der Waals surface area (Å²) in [6.07, 6.45) is 0. The van der Waals surface area contributed by atoms with Crippen molar-refractivity contribution in [2.45, 2.75) is 6.92 Å². The summed E-state index contributed by atoms with van der Waals surface area (Å²) in [6.45, 7) is 1.45. The fraction of sp³-hybridized carbons (Fsp3) is 0.176. The number of phenols is 1. The number of anilines is 1. The molecule has 0 aliphatic heterocycles. The minimum absolute atomic E-state index is 0.0623. The summed E-state index contributed by atoms with van der Waals surface area (Å²) in [4.78, 5) is 23.7. The molecule has 0 atom stereocenters. The molecule has 2 rings (SSSR count). The average Bonchev–Trinajstić information content (AvgIpc) is 2.53. The van der Waals surface area contributed by atoms with Crippen molar-refractivity contribution in [1.82, 2.24) is 0 Å². The second kappa shape index (κ2) is 7.31. The van der Waals surface area contributed by atoms with Gasteiger partial charge in [-0.05, 0) is 36.8 Å². The minimum Gasteiger partial charge on any atom is -0.504 e. The molecule has 0 saturated heterocycles. The lowest BCUT2D eigenvalue weighted by atomic mass is 10.2. The average molecular weight is 315 g/mol. The highest BCUT2D eigenvalue weighted by molar-refractivity contribution is 5.97. The number of aromatic hydroxyl groups is 1. The molecule has 0 bridgehead atoms. The topological polar surface area (TPSA) is 84.9 Å². The molecule has 6 heteroatoms. The van der Waals surface area contributed by atoms with E-state index in [2.05, 4.69) is 5.32 Å². The third-order valence-corrected chi connectivity index (χ3v) is 3.08. The number of aryl methyl sites for hydroxylation is 1. The van der Waals surface area contributed by atoms with E-state index in [4.69, 9.17) is 9.47 Å². The predicted octanol–water partition coefficient (Wildman–Crippen LogP) is 2.50. The number of carbonyl (C=O) groups excluding carboxylic acids is 2. The normalized spacial score (nSPS) is 10.0. The SMILES string of the molecule is COc1cccc(C(=O)OCC(=O)Nc2cccc(C)c2)c1O. The van der Waals surface area contributed by atoms with E-state index in [1.54, 1.807) is 18.2 Å². The van der Waals surface area contributed by atoms with E-state index < -0.39 is 18.5 Å². The van der Waals surface area contributed by atoms with Gasteiger partial charge in [-0.15, -0.1) is 0 Å². The van der Waals surface area contributed by atoms with E-state index in [1.807, 2.05) is 19.1 Å². The lowest BCUT2D eigenvalue weighted by Gasteiger charge is -2.09. The Kier molecular flexibility index (Phi) is 5.19. The van der Waals surface area contributed by atoms with Crippen molar-refractivity contribution in [3.63, 3.8) is 0 Å². The van der Waals surface area contributed by atoms with Gasteiger partial charge in [0.05, 0.1) is 7.11 Å². The summed E-state index contributed by atoms with van der Waals surface area (Å²) >= 11 is 0. The number of carbonyl (C=O) groups is 2. The van der Waals surface area contributed by atoms with Crippen LogP contribution < -0.4 is 10.1 Å². The van der Waals surface area contributed by atoms with Crippen molar-refractivity contribution in [2.75, 3.05) is 19.0 Å². The van der Waals surface area contributed by atoms with E-state index >= 15 is 0 Å². The van der Waals surface area contributed by atoms with Crippen molar-refractivity contribution in [3.05, 3.63) is 53.6 Å². The molecule has 120 valence electrons. The van der Waals surface area contributed by atoms with Gasteiger partial charge in [-0.3, -0.25) is 4.79 Å². The Morgan fingerprint density at radius 2 is 1.91 bits per heavy atom. The fourth-order valence-corrected chi connectivity index (χ4v) is 1.98. The zero-order valence-electron chi connectivity index (χ0n) is 12.8. The Morgan fingerprint density at radius 1 is 1.17 bits per heavy atom. The molecule has 0 unspecified atom stereocenters. The molecular formula is C17H17NO5. The van der Waals surface area contributed by atoms with Gasteiger partial charge in [-0.2, -0.15) is 0 Å². The second-order valence-electron chi connectivity index (χ2n) is 4.85. The molecule has 0 radical (unpaired) electrons. The summed E-state index contributed by atoms with van der Waals surface area (Å²) in [6, 6.07) is 11.7. The van der Waals surface area contributed by atoms with Crippen molar-refractivity contribution in [1.29, 1.82) is 0 Å². The first-order valence-corrected chi connectivity index (χ1v) is 6.91. The Bertz CT molecular complexity index is 727. The molecule has 0 heterocycles. The number of phenolic OH excluding ortho intramolecular Hbond substituents is 1. The van der Waals surface area contributed by atoms with Gasteiger partial charge in [0.15, 0.2) is 18.1 Å². The molecule has 0 aromatic heterocycles. The summed E-state index contributed by atoms with van der Waals surface area (Å²) in [5.74, 6) is -1.44. The standard InChI is InChI=1S/C17H17NO5/c1-11-5-3-6-12(9-11)18-15(19)10-23-17(21)13-7-4-8-14(22-2)16(13)20/h3-9,20H,10H2,1-2H3,(H,18,19). The van der Waals surface area contributed by atoms with Crippen LogP contribution >= 0.6 is 0 Å². The van der Waals surface area contributed by atoms with Gasteiger partial charge in [0, 0.05) is 5.69 Å². The highest BCUT2D eigenvalue weighted by Crippen LogP contribution is 2.29. The minimum atomic E-state index is -0.805. The molecule has 23 heavy (non-hydrogen) atoms. The molecule has 2 N–H and O–H groups in total. The number of rotatable bonds is 5. The molecule has 2 aromatic rings. The third kappa shape index (κ3) is 4.23. The zero-order chi connectivity index (χ0) is 16.8. The van der Waals surface area contributed by atoms with E-state index in [9.17, 15) is 14.7 Å². The fourth-order valence-electron chi connectivity index (χ4n) is 1.98. The van der Waals surface area contributed by atoms with Crippen LogP contribution in [-0.2, 0) is 9.53 Å². The van der Waals surface area contributed by atoms with Crippen molar-refractivity contribution >= 4 is 17.6 Å². The van der Waals surface area contributed by atoms with Crippen molar-refractivity contribution in [3.8, 4) is 11.5 Å². The number of esters is 1. The van der Waals surface area contributed by atoms with Crippen molar-refractivity contribution in [2.24, 2.45) is 0 Å². The monoisotopic (exact) mass is 315 g/mol. The number of amides is 1. The number of benzene rings is 2. The summed E-state index contributed by atoms with van der Waals surface area (Å²) < 4.78 is 9.82. The lowest BCUT2D eigenvalue weighted by molar-refractivity contribution is -0.119. The third-order valence-electron chi connectivity index (χ3n) is 3.08. The molecule has 6 nitrogen and oxygen atoms in total. The molecule has 0 aliphatic rings. The van der Waals surface area contributed by atoms with E-state index in [0.717, 1.165) is 5.56 Å². The maximum absolute atomic E-state index is 11.9. The van der Waals surface area contributed by atoms with Gasteiger partial charge < -0.3 is 19.9 Å². The van der Waals surface area contributed by atoms with Crippen LogP contribution in [0.15, 0.2) is 42.5 Å². The number of hydrogen-bond acceptors (Lipinski definition) is 5. The second-order valence-corrected chi connectivity index (χ2v) is 4.85. The highest BCUT2D eigenvalue weighted by Gasteiger charge is 2.17. The predicted molar refractivity (Wildman–Crippen MR) is 84.8 cm³/mol. The van der Waals surface area contributed by atoms with Gasteiger partial charge in [-0.1, -0.05) is 18.2 Å². The quantitative estimate of drug-likeness (QED) is 0.828. The molecular weight excluding hydrogens is 298 g/mol. The van der Waals surface area contributed by atoms with Gasteiger partial charge in [0.1, 0.15) is 5.56 Å². The molecule has 0 spiro atoms. The van der Waals surface area contributed by atoms with Crippen LogP contribution in [0.5, 0.6) is 11.5 Å². The number of ether oxygens (including phenoxy) is 2. The van der Waals surface area contributed by atoms with Gasteiger partial charge in [-0.25, -0.2) is 4.79 Å². The number of methoxy groups -OCH3 is 1. The summed E-state index contributed by atoms with van der Waals surface area (Å²) in [7, 11) is 1.37. The number of hydrogen-bond donors (Lipinski definition) is 2. The van der Waals surface area contributed by atoms with Crippen LogP contribution in [-0.4, -0.2) is 30.7 Å². The van der Waals surface area contributed by atoms with Gasteiger partial charge >= 0.3 is 5.97 Å². The van der Waals surface area contributed by atoms with Crippen LogP contribution in [0.25, 0.3) is 0 Å². The lowest BCUT2D eigenvalue weighted by Crippen LogP contribution is -2.21. The summed E-state index contributed by atoms with van der Waals surface area (Å²) in [5.41, 5.74) is 1.56. The molecule has 1 amide bonds. The molecule has 0 saturated carbocycles. The maximum atomic E-state index is 11.9. The molecule has 2 aromatic carbocycles. The smallest absolute Gasteiger partial charge is 0.342 e. The number of nitrogens with one attached hydrogen (secondary N) is 1. The first-order valence-electron chi connectivity index (χ1n) is 6.91. The van der Waals surface area contributed by atoms with E-state index in [-0.39, 0.29) is 17.1 Å². The van der Waals surface area contributed by atoms with Gasteiger partial charge in [0.2, 0.25) is 0 Å². The Morgan fingerprint density at radius 3 is 2.61 bits per heavy atom. The first-order chi connectivity index (χ1) is 11.0. The molecule has 0 fully saturated rings. The van der Waals surface area contributed by atoms with Crippen LogP contribution in [0.1, 0.15) is 15.9 Å². The van der Waals surface area contributed by atoms with Crippen LogP contribution in [0.4, 0.5) is 5.69 Å². The molecule has 0 aliphatic carbocycles. The van der Waals surface area contributed by atoms with E-state index in [1.165, 1.54) is 19.2 Å². The highest BCUT2D eigenvalue weighted by atomic mass is 16.5. The van der Waals surface area contributed by atoms with Crippen LogP contribution in [0.3, 0.4) is 0 Å². The zero-order valence-corrected chi connectivity index (χ0v) is 12.8. The number of para-hydroxylation sites is 1. The van der Waals surface area contributed by atoms with Crippen LogP contribution in [0, 0.1) is 6.92 Å². The Balaban J connectivity index is 1.95. The maximum Gasteiger partial charge on any atom is 0.342 e. The van der Waals surface area contributed by atoms with Crippen molar-refractivity contribution < 1.29 is 24.2 Å². The van der Waals surface area contributed by atoms with Gasteiger partial charge in [0.25, 0.3) is 5.91 Å². The Hall–Kier alpha value is -3.02.